The number of halogens is 2. The predicted molar refractivity (Wildman–Crippen MR) is 114 cm³/mol. The monoisotopic (exact) mass is 438 g/mol. The summed E-state index contributed by atoms with van der Waals surface area (Å²) in [7, 11) is 0. The molecule has 2 N–H and O–H groups in total. The Bertz CT molecular complexity index is 887. The maximum atomic E-state index is 11.9. The number of hydrogen-bond donors (Lipinski definition) is 2. The Hall–Kier alpha value is -2.44. The van der Waals surface area contributed by atoms with Gasteiger partial charge in [0.1, 0.15) is 11.5 Å². The molecule has 0 aliphatic heterocycles. The average Bonchev–Trinajstić information content (AvgIpc) is 2.67. The first-order valence-corrected chi connectivity index (χ1v) is 9.84. The number of amides is 2. The second-order valence-corrected chi connectivity index (χ2v) is 7.35. The largest absolute Gasteiger partial charge is 0.483 e. The molecule has 8 heteroatoms. The molecule has 0 saturated heterocycles. The van der Waals surface area contributed by atoms with Crippen LogP contribution in [0, 0.1) is 20.8 Å². The van der Waals surface area contributed by atoms with Crippen molar-refractivity contribution in [2.24, 2.45) is 0 Å². The number of benzene rings is 2. The fourth-order valence-electron chi connectivity index (χ4n) is 2.53. The second kappa shape index (κ2) is 10.9. The van der Waals surface area contributed by atoms with Gasteiger partial charge in [0, 0.05) is 18.1 Å². The molecule has 0 aliphatic rings. The molecule has 156 valence electrons. The van der Waals surface area contributed by atoms with Crippen molar-refractivity contribution >= 4 is 35.0 Å². The van der Waals surface area contributed by atoms with E-state index < -0.39 is 0 Å². The van der Waals surface area contributed by atoms with Crippen molar-refractivity contribution in [1.82, 2.24) is 10.6 Å². The third kappa shape index (κ3) is 7.15. The minimum absolute atomic E-state index is 0.0861. The molecule has 0 saturated carbocycles. The highest BCUT2D eigenvalue weighted by Crippen LogP contribution is 2.27. The summed E-state index contributed by atoms with van der Waals surface area (Å²) in [5.41, 5.74) is 3.11. The molecule has 0 aromatic heterocycles. The summed E-state index contributed by atoms with van der Waals surface area (Å²) < 4.78 is 11.0. The summed E-state index contributed by atoms with van der Waals surface area (Å²) in [6.45, 7) is 6.17. The number of carbonyl (C=O) groups is 2. The van der Waals surface area contributed by atoms with Gasteiger partial charge in [0.2, 0.25) is 0 Å². The van der Waals surface area contributed by atoms with E-state index in [9.17, 15) is 9.59 Å². The van der Waals surface area contributed by atoms with E-state index in [0.29, 0.717) is 15.8 Å². The van der Waals surface area contributed by atoms with Gasteiger partial charge in [0.05, 0.1) is 5.02 Å². The van der Waals surface area contributed by atoms with Crippen LogP contribution < -0.4 is 20.1 Å². The summed E-state index contributed by atoms with van der Waals surface area (Å²) in [4.78, 5) is 23.8. The van der Waals surface area contributed by atoms with Gasteiger partial charge in [-0.05, 0) is 55.7 Å². The molecule has 2 rings (SSSR count). The molecule has 29 heavy (non-hydrogen) atoms. The van der Waals surface area contributed by atoms with Crippen molar-refractivity contribution in [2.75, 3.05) is 26.3 Å². The number of hydrogen-bond acceptors (Lipinski definition) is 4. The third-order valence-electron chi connectivity index (χ3n) is 4.24. The Labute approximate surface area is 180 Å². The fraction of sp³-hybridized carbons (Fsp3) is 0.333. The van der Waals surface area contributed by atoms with Crippen LogP contribution in [0.2, 0.25) is 10.0 Å². The third-order valence-corrected chi connectivity index (χ3v) is 4.77. The van der Waals surface area contributed by atoms with Crippen LogP contribution in [0.5, 0.6) is 11.5 Å². The minimum atomic E-state index is -0.326. The maximum absolute atomic E-state index is 11.9. The lowest BCUT2D eigenvalue weighted by molar-refractivity contribution is -0.124. The van der Waals surface area contributed by atoms with Gasteiger partial charge in [-0.15, -0.1) is 0 Å². The molecular formula is C21H24Cl2N2O4. The number of ether oxygens (including phenoxy) is 2. The minimum Gasteiger partial charge on any atom is -0.483 e. The molecule has 0 unspecified atom stereocenters. The Morgan fingerprint density at radius 3 is 2.07 bits per heavy atom. The van der Waals surface area contributed by atoms with E-state index in [0.717, 1.165) is 22.4 Å². The van der Waals surface area contributed by atoms with Crippen LogP contribution >= 0.6 is 23.2 Å². The molecule has 0 fully saturated rings. The van der Waals surface area contributed by atoms with E-state index in [1.165, 1.54) is 6.07 Å². The summed E-state index contributed by atoms with van der Waals surface area (Å²) >= 11 is 11.8. The lowest BCUT2D eigenvalue weighted by Crippen LogP contribution is -2.38. The van der Waals surface area contributed by atoms with Crippen molar-refractivity contribution in [1.29, 1.82) is 0 Å². The molecule has 0 aliphatic carbocycles. The van der Waals surface area contributed by atoms with Gasteiger partial charge in [-0.25, -0.2) is 0 Å². The Morgan fingerprint density at radius 1 is 0.862 bits per heavy atom. The topological polar surface area (TPSA) is 76.7 Å². The first-order valence-electron chi connectivity index (χ1n) is 9.08. The Balaban J connectivity index is 1.65. The van der Waals surface area contributed by atoms with E-state index in [1.54, 1.807) is 12.1 Å². The molecular weight excluding hydrogens is 415 g/mol. The Morgan fingerprint density at radius 2 is 1.45 bits per heavy atom. The zero-order valence-electron chi connectivity index (χ0n) is 16.6. The van der Waals surface area contributed by atoms with Crippen LogP contribution in [0.15, 0.2) is 30.3 Å². The van der Waals surface area contributed by atoms with Gasteiger partial charge in [-0.2, -0.15) is 0 Å². The average molecular weight is 439 g/mol. The fourth-order valence-corrected chi connectivity index (χ4v) is 2.99. The zero-order chi connectivity index (χ0) is 21.4. The molecule has 0 bridgehead atoms. The van der Waals surface area contributed by atoms with Gasteiger partial charge >= 0.3 is 0 Å². The van der Waals surface area contributed by atoms with Crippen LogP contribution in [-0.2, 0) is 9.59 Å². The molecule has 0 spiro atoms. The van der Waals surface area contributed by atoms with Gasteiger partial charge in [0.25, 0.3) is 11.8 Å². The summed E-state index contributed by atoms with van der Waals surface area (Å²) in [5, 5.41) is 6.16. The normalized spacial score (nSPS) is 10.4. The summed E-state index contributed by atoms with van der Waals surface area (Å²) in [6, 6.07) is 8.73. The highest BCUT2D eigenvalue weighted by Gasteiger charge is 2.10. The molecule has 2 amide bonds. The number of aryl methyl sites for hydroxylation is 2. The lowest BCUT2D eigenvalue weighted by atomic mass is 10.1. The van der Waals surface area contributed by atoms with Crippen molar-refractivity contribution in [3.8, 4) is 11.5 Å². The quantitative estimate of drug-likeness (QED) is 0.586. The predicted octanol–water partition coefficient (Wildman–Crippen LogP) is 3.61. The Kier molecular flexibility index (Phi) is 8.61. The molecule has 0 heterocycles. The smallest absolute Gasteiger partial charge is 0.258 e. The van der Waals surface area contributed by atoms with E-state index >= 15 is 0 Å². The van der Waals surface area contributed by atoms with Crippen LogP contribution in [0.4, 0.5) is 0 Å². The van der Waals surface area contributed by atoms with Crippen LogP contribution in [0.1, 0.15) is 16.7 Å². The molecule has 6 nitrogen and oxygen atoms in total. The maximum Gasteiger partial charge on any atom is 0.258 e. The highest BCUT2D eigenvalue weighted by molar-refractivity contribution is 6.35. The van der Waals surface area contributed by atoms with Crippen molar-refractivity contribution < 1.29 is 19.1 Å². The van der Waals surface area contributed by atoms with E-state index in [2.05, 4.69) is 10.6 Å². The van der Waals surface area contributed by atoms with Gasteiger partial charge in [0.15, 0.2) is 13.2 Å². The zero-order valence-corrected chi connectivity index (χ0v) is 18.1. The van der Waals surface area contributed by atoms with Gasteiger partial charge < -0.3 is 20.1 Å². The molecule has 0 radical (unpaired) electrons. The van der Waals surface area contributed by atoms with E-state index in [-0.39, 0.29) is 38.1 Å². The SMILES string of the molecule is Cc1ccc(C)c(OCC(=O)NCCNC(=O)COc2ccc(Cl)cc2Cl)c1C. The summed E-state index contributed by atoms with van der Waals surface area (Å²) in [5.74, 6) is 0.515. The number of carbonyl (C=O) groups excluding carboxylic acids is 2. The highest BCUT2D eigenvalue weighted by atomic mass is 35.5. The van der Waals surface area contributed by atoms with Gasteiger partial charge in [-0.3, -0.25) is 9.59 Å². The standard InChI is InChI=1S/C21H24Cl2N2O4/c1-13-4-5-14(2)21(15(13)3)29-12-20(27)25-9-8-24-19(26)11-28-18-7-6-16(22)10-17(18)23/h4-7,10H,8-9,11-12H2,1-3H3,(H,24,26)(H,25,27). The van der Waals surface area contributed by atoms with Gasteiger partial charge in [-0.1, -0.05) is 35.3 Å². The van der Waals surface area contributed by atoms with E-state index in [1.807, 2.05) is 32.9 Å². The van der Waals surface area contributed by atoms with Crippen LogP contribution in [0.3, 0.4) is 0 Å². The molecule has 2 aromatic rings. The van der Waals surface area contributed by atoms with Crippen LogP contribution in [-0.4, -0.2) is 38.1 Å². The lowest BCUT2D eigenvalue weighted by Gasteiger charge is -2.14. The van der Waals surface area contributed by atoms with Crippen molar-refractivity contribution in [3.63, 3.8) is 0 Å². The van der Waals surface area contributed by atoms with E-state index in [4.69, 9.17) is 32.7 Å². The second-order valence-electron chi connectivity index (χ2n) is 6.51. The van der Waals surface area contributed by atoms with Crippen LogP contribution in [0.25, 0.3) is 0 Å². The first-order chi connectivity index (χ1) is 13.8. The molecule has 0 atom stereocenters. The van der Waals surface area contributed by atoms with Crippen molar-refractivity contribution in [2.45, 2.75) is 20.8 Å². The summed E-state index contributed by atoms with van der Waals surface area (Å²) in [6.07, 6.45) is 0. The number of rotatable bonds is 9. The first kappa shape index (κ1) is 22.8. The number of nitrogens with one attached hydrogen (secondary N) is 2. The molecule has 2 aromatic carbocycles. The van der Waals surface area contributed by atoms with Crippen molar-refractivity contribution in [3.05, 3.63) is 57.1 Å².